The van der Waals surface area contributed by atoms with Crippen molar-refractivity contribution in [2.45, 2.75) is 19.8 Å². The van der Waals surface area contributed by atoms with E-state index in [0.29, 0.717) is 12.0 Å². The Bertz CT molecular complexity index is 191. The summed E-state index contributed by atoms with van der Waals surface area (Å²) in [4.78, 5) is 11.2. The molecule has 1 spiro atoms. The second-order valence-corrected chi connectivity index (χ2v) is 3.96. The first kappa shape index (κ1) is 8.05. The van der Waals surface area contributed by atoms with Gasteiger partial charge < -0.3 is 10.1 Å². The highest BCUT2D eigenvalue weighted by Gasteiger charge is 2.51. The summed E-state index contributed by atoms with van der Waals surface area (Å²) >= 11 is 0. The number of ether oxygens (including phenoxy) is 1. The third kappa shape index (κ3) is 1.12. The van der Waals surface area contributed by atoms with Gasteiger partial charge in [-0.1, -0.05) is 0 Å². The van der Waals surface area contributed by atoms with Crippen molar-refractivity contribution in [2.75, 3.05) is 19.7 Å². The maximum Gasteiger partial charge on any atom is 0.308 e. The lowest BCUT2D eigenvalue weighted by atomic mass is 9.58. The van der Waals surface area contributed by atoms with Gasteiger partial charge in [-0.05, 0) is 25.2 Å². The molecule has 0 radical (unpaired) electrons. The molecule has 0 aromatic rings. The minimum atomic E-state index is 0.00928. The van der Waals surface area contributed by atoms with E-state index in [2.05, 4.69) is 5.32 Å². The van der Waals surface area contributed by atoms with Crippen molar-refractivity contribution in [1.29, 1.82) is 0 Å². The summed E-state index contributed by atoms with van der Waals surface area (Å²) < 4.78 is 4.95. The fraction of sp³-hybridized carbons (Fsp3) is 0.889. The number of esters is 1. The molecule has 1 N–H and O–H groups in total. The molecule has 2 aliphatic rings. The van der Waals surface area contributed by atoms with E-state index in [1.165, 1.54) is 0 Å². The highest BCUT2D eigenvalue weighted by atomic mass is 16.5. The van der Waals surface area contributed by atoms with E-state index < -0.39 is 0 Å². The normalized spacial score (nSPS) is 26.1. The highest BCUT2D eigenvalue weighted by molar-refractivity contribution is 5.73. The second kappa shape index (κ2) is 2.73. The number of rotatable bonds is 2. The smallest absolute Gasteiger partial charge is 0.308 e. The molecule has 1 aliphatic heterocycles. The van der Waals surface area contributed by atoms with E-state index in [9.17, 15) is 4.79 Å². The largest absolute Gasteiger partial charge is 0.466 e. The van der Waals surface area contributed by atoms with Crippen molar-refractivity contribution in [3.8, 4) is 0 Å². The number of nitrogens with one attached hydrogen (secondary N) is 1. The Labute approximate surface area is 72.5 Å². The van der Waals surface area contributed by atoms with Crippen LogP contribution < -0.4 is 5.32 Å². The van der Waals surface area contributed by atoms with Gasteiger partial charge in [-0.3, -0.25) is 4.79 Å². The molecule has 1 saturated heterocycles. The fourth-order valence-electron chi connectivity index (χ4n) is 2.18. The Balaban J connectivity index is 1.76. The SMILES string of the molecule is CCOC(=O)C1CC2(CNC2)C1. The Morgan fingerprint density at radius 1 is 1.58 bits per heavy atom. The molecule has 1 heterocycles. The summed E-state index contributed by atoms with van der Waals surface area (Å²) in [6.07, 6.45) is 2.08. The maximum absolute atomic E-state index is 11.2. The van der Waals surface area contributed by atoms with Gasteiger partial charge in [0.25, 0.3) is 0 Å². The van der Waals surface area contributed by atoms with E-state index in [-0.39, 0.29) is 11.9 Å². The van der Waals surface area contributed by atoms with Crippen LogP contribution in [0, 0.1) is 11.3 Å². The van der Waals surface area contributed by atoms with Crippen molar-refractivity contribution in [1.82, 2.24) is 5.32 Å². The third-order valence-corrected chi connectivity index (χ3v) is 2.98. The summed E-state index contributed by atoms with van der Waals surface area (Å²) in [7, 11) is 0. The maximum atomic E-state index is 11.2. The molecule has 3 nitrogen and oxygen atoms in total. The zero-order valence-electron chi connectivity index (χ0n) is 7.43. The number of hydrogen-bond acceptors (Lipinski definition) is 3. The Morgan fingerprint density at radius 2 is 2.25 bits per heavy atom. The lowest BCUT2D eigenvalue weighted by Gasteiger charge is -2.53. The topological polar surface area (TPSA) is 38.3 Å². The molecular weight excluding hydrogens is 154 g/mol. The summed E-state index contributed by atoms with van der Waals surface area (Å²) in [6, 6.07) is 0. The summed E-state index contributed by atoms with van der Waals surface area (Å²) in [5, 5.41) is 3.24. The van der Waals surface area contributed by atoms with Gasteiger partial charge in [0.15, 0.2) is 0 Å². The van der Waals surface area contributed by atoms with Crippen LogP contribution in [0.2, 0.25) is 0 Å². The monoisotopic (exact) mass is 169 g/mol. The van der Waals surface area contributed by atoms with Crippen LogP contribution in [-0.4, -0.2) is 25.7 Å². The van der Waals surface area contributed by atoms with Crippen molar-refractivity contribution >= 4 is 5.97 Å². The van der Waals surface area contributed by atoms with Crippen molar-refractivity contribution < 1.29 is 9.53 Å². The van der Waals surface area contributed by atoms with Crippen LogP contribution in [0.15, 0.2) is 0 Å². The van der Waals surface area contributed by atoms with Gasteiger partial charge in [0.05, 0.1) is 12.5 Å². The van der Waals surface area contributed by atoms with E-state index in [1.54, 1.807) is 0 Å². The molecule has 0 atom stereocenters. The van der Waals surface area contributed by atoms with Crippen LogP contribution in [0.1, 0.15) is 19.8 Å². The van der Waals surface area contributed by atoms with Gasteiger partial charge in [0, 0.05) is 13.1 Å². The quantitative estimate of drug-likeness (QED) is 0.613. The molecule has 0 unspecified atom stereocenters. The van der Waals surface area contributed by atoms with Gasteiger partial charge >= 0.3 is 5.97 Å². The van der Waals surface area contributed by atoms with Gasteiger partial charge in [0.2, 0.25) is 0 Å². The Morgan fingerprint density at radius 3 is 2.67 bits per heavy atom. The lowest BCUT2D eigenvalue weighted by Crippen LogP contribution is -2.61. The van der Waals surface area contributed by atoms with Crippen LogP contribution in [0.3, 0.4) is 0 Å². The highest BCUT2D eigenvalue weighted by Crippen LogP contribution is 2.48. The zero-order chi connectivity index (χ0) is 8.60. The Hall–Kier alpha value is -0.570. The van der Waals surface area contributed by atoms with E-state index in [4.69, 9.17) is 4.74 Å². The molecule has 3 heteroatoms. The first-order chi connectivity index (χ1) is 5.76. The van der Waals surface area contributed by atoms with Crippen molar-refractivity contribution in [3.05, 3.63) is 0 Å². The van der Waals surface area contributed by atoms with Crippen LogP contribution >= 0.6 is 0 Å². The predicted octanol–water partition coefficient (Wildman–Crippen LogP) is 0.549. The van der Waals surface area contributed by atoms with E-state index >= 15 is 0 Å². The molecule has 0 bridgehead atoms. The summed E-state index contributed by atoms with van der Waals surface area (Å²) in [5.41, 5.74) is 0.484. The van der Waals surface area contributed by atoms with E-state index in [1.807, 2.05) is 6.92 Å². The van der Waals surface area contributed by atoms with Crippen molar-refractivity contribution in [2.24, 2.45) is 11.3 Å². The average molecular weight is 169 g/mol. The first-order valence-corrected chi connectivity index (χ1v) is 4.63. The molecular formula is C9H15NO2. The Kier molecular flexibility index (Phi) is 1.83. The molecule has 1 saturated carbocycles. The number of carbonyl (C=O) groups is 1. The molecule has 0 amide bonds. The first-order valence-electron chi connectivity index (χ1n) is 4.63. The van der Waals surface area contributed by atoms with Gasteiger partial charge in [-0.25, -0.2) is 0 Å². The minimum absolute atomic E-state index is 0.00928. The summed E-state index contributed by atoms with van der Waals surface area (Å²) in [5.74, 6) is 0.210. The van der Waals surface area contributed by atoms with Gasteiger partial charge in [-0.15, -0.1) is 0 Å². The van der Waals surface area contributed by atoms with Crippen LogP contribution in [0.25, 0.3) is 0 Å². The van der Waals surface area contributed by atoms with Crippen LogP contribution in [0.5, 0.6) is 0 Å². The molecule has 1 aliphatic carbocycles. The lowest BCUT2D eigenvalue weighted by molar-refractivity contribution is -0.158. The minimum Gasteiger partial charge on any atom is -0.466 e. The molecule has 12 heavy (non-hydrogen) atoms. The number of hydrogen-bond donors (Lipinski definition) is 1. The second-order valence-electron chi connectivity index (χ2n) is 3.96. The fourth-order valence-corrected chi connectivity index (χ4v) is 2.18. The molecule has 2 rings (SSSR count). The summed E-state index contributed by atoms with van der Waals surface area (Å²) in [6.45, 7) is 4.57. The zero-order valence-corrected chi connectivity index (χ0v) is 7.43. The number of carbonyl (C=O) groups excluding carboxylic acids is 1. The standard InChI is InChI=1S/C9H15NO2/c1-2-12-8(11)7-3-9(4-7)5-10-6-9/h7,10H,2-6H2,1H3. The molecule has 0 aromatic carbocycles. The van der Waals surface area contributed by atoms with Gasteiger partial charge in [0.1, 0.15) is 0 Å². The predicted molar refractivity (Wildman–Crippen MR) is 44.7 cm³/mol. The van der Waals surface area contributed by atoms with Crippen LogP contribution in [-0.2, 0) is 9.53 Å². The van der Waals surface area contributed by atoms with E-state index in [0.717, 1.165) is 25.9 Å². The average Bonchev–Trinajstić information content (AvgIpc) is 1.81. The molecule has 68 valence electrons. The van der Waals surface area contributed by atoms with Crippen LogP contribution in [0.4, 0.5) is 0 Å². The third-order valence-electron chi connectivity index (χ3n) is 2.98. The van der Waals surface area contributed by atoms with Crippen molar-refractivity contribution in [3.63, 3.8) is 0 Å². The molecule has 2 fully saturated rings. The van der Waals surface area contributed by atoms with Gasteiger partial charge in [-0.2, -0.15) is 0 Å². The molecule has 0 aromatic heterocycles.